The van der Waals surface area contributed by atoms with Gasteiger partial charge in [-0.15, -0.1) is 0 Å². The molecular weight excluding hydrogens is 258 g/mol. The molecular formula is C15H23NO4. The first kappa shape index (κ1) is 15.1. The van der Waals surface area contributed by atoms with Gasteiger partial charge in [-0.05, 0) is 17.7 Å². The molecule has 0 radical (unpaired) electrons. The molecule has 0 bridgehead atoms. The van der Waals surface area contributed by atoms with Gasteiger partial charge in [-0.2, -0.15) is 0 Å². The Balaban J connectivity index is 1.85. The van der Waals surface area contributed by atoms with Crippen LogP contribution in [0.3, 0.4) is 0 Å². The van der Waals surface area contributed by atoms with Crippen molar-refractivity contribution in [3.05, 3.63) is 23.8 Å². The summed E-state index contributed by atoms with van der Waals surface area (Å²) in [5.41, 5.74) is 1.17. The molecule has 1 aliphatic heterocycles. The third-order valence-electron chi connectivity index (χ3n) is 3.20. The summed E-state index contributed by atoms with van der Waals surface area (Å²) < 4.78 is 21.7. The minimum absolute atomic E-state index is 0.0698. The monoisotopic (exact) mass is 281 g/mol. The highest BCUT2D eigenvalue weighted by Crippen LogP contribution is 2.30. The zero-order valence-corrected chi connectivity index (χ0v) is 12.2. The highest BCUT2D eigenvalue weighted by atomic mass is 16.5. The molecule has 0 fully saturated rings. The fourth-order valence-corrected chi connectivity index (χ4v) is 2.09. The number of ether oxygens (including phenoxy) is 4. The van der Waals surface area contributed by atoms with Gasteiger partial charge in [0.2, 0.25) is 0 Å². The van der Waals surface area contributed by atoms with Crippen molar-refractivity contribution in [2.75, 3.05) is 40.6 Å². The summed E-state index contributed by atoms with van der Waals surface area (Å²) in [6.07, 6.45) is 0.995. The highest BCUT2D eigenvalue weighted by molar-refractivity contribution is 5.43. The molecule has 1 aromatic rings. The van der Waals surface area contributed by atoms with Crippen LogP contribution in [0.4, 0.5) is 0 Å². The lowest BCUT2D eigenvalue weighted by atomic mass is 10.2. The van der Waals surface area contributed by atoms with E-state index in [1.807, 2.05) is 12.1 Å². The molecule has 0 aromatic heterocycles. The second-order valence-electron chi connectivity index (χ2n) is 4.78. The molecule has 1 aliphatic rings. The molecule has 1 aromatic carbocycles. The van der Waals surface area contributed by atoms with Crippen LogP contribution in [0.1, 0.15) is 12.0 Å². The Labute approximate surface area is 120 Å². The lowest BCUT2D eigenvalue weighted by Gasteiger charge is -2.15. The molecule has 20 heavy (non-hydrogen) atoms. The summed E-state index contributed by atoms with van der Waals surface area (Å²) in [7, 11) is 3.37. The van der Waals surface area contributed by atoms with E-state index in [0.29, 0.717) is 13.2 Å². The molecule has 0 saturated heterocycles. The van der Waals surface area contributed by atoms with Crippen LogP contribution in [0, 0.1) is 0 Å². The van der Waals surface area contributed by atoms with Gasteiger partial charge in [-0.3, -0.25) is 0 Å². The van der Waals surface area contributed by atoms with Crippen LogP contribution in [-0.4, -0.2) is 46.7 Å². The van der Waals surface area contributed by atoms with Gasteiger partial charge in [0.05, 0.1) is 25.9 Å². The van der Waals surface area contributed by atoms with Crippen LogP contribution in [0.5, 0.6) is 11.5 Å². The van der Waals surface area contributed by atoms with Crippen LogP contribution in [0.2, 0.25) is 0 Å². The molecule has 1 atom stereocenters. The van der Waals surface area contributed by atoms with Crippen molar-refractivity contribution in [1.29, 1.82) is 0 Å². The fraction of sp³-hybridized carbons (Fsp3) is 0.600. The maximum Gasteiger partial charge on any atom is 0.161 e. The standard InChI is InChI=1S/C15H23NO4/c1-17-11-13(18-2)10-16-9-12-4-5-14-15(8-12)20-7-3-6-19-14/h4-5,8,13,16H,3,6-7,9-11H2,1-2H3. The van der Waals surface area contributed by atoms with E-state index in [4.69, 9.17) is 18.9 Å². The first-order chi connectivity index (χ1) is 9.83. The molecule has 5 nitrogen and oxygen atoms in total. The van der Waals surface area contributed by atoms with Crippen LogP contribution in [0.25, 0.3) is 0 Å². The summed E-state index contributed by atoms with van der Waals surface area (Å²) in [4.78, 5) is 0. The van der Waals surface area contributed by atoms with Crippen LogP contribution in [0.15, 0.2) is 18.2 Å². The highest BCUT2D eigenvalue weighted by Gasteiger charge is 2.11. The van der Waals surface area contributed by atoms with Crippen molar-refractivity contribution in [2.45, 2.75) is 19.1 Å². The van der Waals surface area contributed by atoms with Crippen molar-refractivity contribution in [3.63, 3.8) is 0 Å². The zero-order valence-electron chi connectivity index (χ0n) is 12.2. The number of hydrogen-bond acceptors (Lipinski definition) is 5. The van der Waals surface area contributed by atoms with Crippen LogP contribution < -0.4 is 14.8 Å². The van der Waals surface area contributed by atoms with Crippen molar-refractivity contribution < 1.29 is 18.9 Å². The predicted octanol–water partition coefficient (Wildman–Crippen LogP) is 1.60. The summed E-state index contributed by atoms with van der Waals surface area (Å²) in [6.45, 7) is 3.53. The number of methoxy groups -OCH3 is 2. The normalized spacial score (nSPS) is 15.7. The molecule has 1 heterocycles. The van der Waals surface area contributed by atoms with Crippen molar-refractivity contribution >= 4 is 0 Å². The second-order valence-corrected chi connectivity index (χ2v) is 4.78. The van der Waals surface area contributed by atoms with E-state index in [2.05, 4.69) is 11.4 Å². The quantitative estimate of drug-likeness (QED) is 0.822. The van der Waals surface area contributed by atoms with E-state index in [9.17, 15) is 0 Å². The topological polar surface area (TPSA) is 49.0 Å². The Kier molecular flexibility index (Phi) is 6.11. The maximum absolute atomic E-state index is 5.68. The average molecular weight is 281 g/mol. The Morgan fingerprint density at radius 1 is 1.20 bits per heavy atom. The largest absolute Gasteiger partial charge is 0.490 e. The van der Waals surface area contributed by atoms with Gasteiger partial charge in [-0.1, -0.05) is 6.07 Å². The van der Waals surface area contributed by atoms with E-state index in [-0.39, 0.29) is 6.10 Å². The van der Waals surface area contributed by atoms with Gasteiger partial charge in [0, 0.05) is 33.7 Å². The lowest BCUT2D eigenvalue weighted by Crippen LogP contribution is -2.31. The molecule has 0 spiro atoms. The van der Waals surface area contributed by atoms with E-state index in [0.717, 1.165) is 37.6 Å². The first-order valence-electron chi connectivity index (χ1n) is 6.94. The molecule has 0 saturated carbocycles. The SMILES string of the molecule is COCC(CNCc1ccc2c(c1)OCCCO2)OC. The average Bonchev–Trinajstić information content (AvgIpc) is 2.71. The smallest absolute Gasteiger partial charge is 0.161 e. The van der Waals surface area contributed by atoms with Gasteiger partial charge in [0.1, 0.15) is 0 Å². The molecule has 112 valence electrons. The zero-order chi connectivity index (χ0) is 14.2. The van der Waals surface area contributed by atoms with E-state index >= 15 is 0 Å². The minimum atomic E-state index is 0.0698. The molecule has 0 amide bonds. The maximum atomic E-state index is 5.68. The number of fused-ring (bicyclic) bond motifs is 1. The molecule has 5 heteroatoms. The molecule has 1 unspecified atom stereocenters. The number of rotatable bonds is 7. The van der Waals surface area contributed by atoms with Crippen molar-refractivity contribution in [2.24, 2.45) is 0 Å². The van der Waals surface area contributed by atoms with Crippen molar-refractivity contribution in [1.82, 2.24) is 5.32 Å². The summed E-state index contributed by atoms with van der Waals surface area (Å²) >= 11 is 0. The first-order valence-corrected chi connectivity index (χ1v) is 6.94. The lowest BCUT2D eigenvalue weighted by molar-refractivity contribution is 0.0288. The Hall–Kier alpha value is -1.30. The van der Waals surface area contributed by atoms with E-state index in [1.165, 1.54) is 5.56 Å². The van der Waals surface area contributed by atoms with Crippen LogP contribution >= 0.6 is 0 Å². The minimum Gasteiger partial charge on any atom is -0.490 e. The van der Waals surface area contributed by atoms with Gasteiger partial charge in [0.15, 0.2) is 11.5 Å². The summed E-state index contributed by atoms with van der Waals surface area (Å²) in [5, 5.41) is 3.36. The summed E-state index contributed by atoms with van der Waals surface area (Å²) in [5.74, 6) is 1.67. The molecule has 0 aliphatic carbocycles. The van der Waals surface area contributed by atoms with E-state index in [1.54, 1.807) is 14.2 Å². The summed E-state index contributed by atoms with van der Waals surface area (Å²) in [6, 6.07) is 6.06. The Bertz CT molecular complexity index is 411. The second kappa shape index (κ2) is 8.09. The van der Waals surface area contributed by atoms with Gasteiger partial charge >= 0.3 is 0 Å². The number of benzene rings is 1. The van der Waals surface area contributed by atoms with Crippen molar-refractivity contribution in [3.8, 4) is 11.5 Å². The molecule has 1 N–H and O–H groups in total. The fourth-order valence-electron chi connectivity index (χ4n) is 2.09. The predicted molar refractivity (Wildman–Crippen MR) is 76.4 cm³/mol. The van der Waals surface area contributed by atoms with Gasteiger partial charge in [-0.25, -0.2) is 0 Å². The number of nitrogens with one attached hydrogen (secondary N) is 1. The number of hydrogen-bond donors (Lipinski definition) is 1. The van der Waals surface area contributed by atoms with Gasteiger partial charge in [0.25, 0.3) is 0 Å². The Morgan fingerprint density at radius 2 is 2.00 bits per heavy atom. The molecule has 2 rings (SSSR count). The van der Waals surface area contributed by atoms with Crippen LogP contribution in [-0.2, 0) is 16.0 Å². The Morgan fingerprint density at radius 3 is 2.75 bits per heavy atom. The third kappa shape index (κ3) is 4.37. The third-order valence-corrected chi connectivity index (χ3v) is 3.20. The van der Waals surface area contributed by atoms with E-state index < -0.39 is 0 Å². The van der Waals surface area contributed by atoms with Gasteiger partial charge < -0.3 is 24.3 Å².